The van der Waals surface area contributed by atoms with Crippen LogP contribution >= 0.6 is 0 Å². The van der Waals surface area contributed by atoms with Gasteiger partial charge in [-0.1, -0.05) is 70.0 Å². The van der Waals surface area contributed by atoms with Gasteiger partial charge in [0.05, 0.1) is 12.3 Å². The van der Waals surface area contributed by atoms with E-state index in [1.54, 1.807) is 24.3 Å². The third-order valence-corrected chi connectivity index (χ3v) is 4.80. The smallest absolute Gasteiger partial charge is 0.314 e. The summed E-state index contributed by atoms with van der Waals surface area (Å²) < 4.78 is 11.1. The van der Waals surface area contributed by atoms with Crippen LogP contribution in [0.1, 0.15) is 65.4 Å². The number of allylic oxidation sites excluding steroid dienone is 1. The second-order valence-corrected chi connectivity index (χ2v) is 6.67. The fraction of sp³-hybridized carbons (Fsp3) is 0.500. The summed E-state index contributed by atoms with van der Waals surface area (Å²) in [6, 6.07) is 7.15. The molecule has 1 aliphatic carbocycles. The molecule has 0 amide bonds. The minimum atomic E-state index is -0.361. The van der Waals surface area contributed by atoms with Crippen LogP contribution in [0.3, 0.4) is 0 Å². The predicted octanol–water partition coefficient (Wildman–Crippen LogP) is 5.81. The Hall–Kier alpha value is -2.36. The standard InChI is InChI=1S/C22H28O4.C2H6/c1-4-17(5-2)16(3)25-21(23)15-19-13-9-10-14-20(19)26-22(24)18-11-7-6-8-12-18;1-2/h4-5,9-10,13-14,16,18H,1,6-8,11-12,15H2,2-3H3;1-2H3/b17-5+;. The molecule has 4 heteroatoms. The molecular formula is C24H34O4. The number of esters is 2. The highest BCUT2D eigenvalue weighted by Gasteiger charge is 2.24. The van der Waals surface area contributed by atoms with Crippen molar-refractivity contribution < 1.29 is 19.1 Å². The molecule has 1 aliphatic rings. The summed E-state index contributed by atoms with van der Waals surface area (Å²) >= 11 is 0. The van der Waals surface area contributed by atoms with Gasteiger partial charge in [-0.2, -0.15) is 0 Å². The number of carbonyl (C=O) groups is 2. The summed E-state index contributed by atoms with van der Waals surface area (Å²) in [6.07, 6.45) is 8.34. The maximum Gasteiger partial charge on any atom is 0.314 e. The molecule has 0 radical (unpaired) electrons. The maximum absolute atomic E-state index is 12.4. The molecule has 1 fully saturated rings. The van der Waals surface area contributed by atoms with Crippen molar-refractivity contribution >= 4 is 11.9 Å². The van der Waals surface area contributed by atoms with Gasteiger partial charge in [-0.05, 0) is 38.3 Å². The summed E-state index contributed by atoms with van der Waals surface area (Å²) in [5, 5.41) is 0. The molecule has 0 N–H and O–H groups in total. The monoisotopic (exact) mass is 386 g/mol. The van der Waals surface area contributed by atoms with Gasteiger partial charge in [-0.3, -0.25) is 9.59 Å². The van der Waals surface area contributed by atoms with Crippen LogP contribution in [0.25, 0.3) is 0 Å². The number of carbonyl (C=O) groups excluding carboxylic acids is 2. The average Bonchev–Trinajstić information content (AvgIpc) is 2.72. The van der Waals surface area contributed by atoms with Crippen LogP contribution in [0.5, 0.6) is 5.75 Å². The average molecular weight is 387 g/mol. The van der Waals surface area contributed by atoms with Crippen LogP contribution in [-0.4, -0.2) is 18.0 Å². The van der Waals surface area contributed by atoms with E-state index in [0.29, 0.717) is 11.3 Å². The fourth-order valence-electron chi connectivity index (χ4n) is 3.26. The molecule has 1 aromatic carbocycles. The van der Waals surface area contributed by atoms with Crippen molar-refractivity contribution in [1.29, 1.82) is 0 Å². The predicted molar refractivity (Wildman–Crippen MR) is 113 cm³/mol. The summed E-state index contributed by atoms with van der Waals surface area (Å²) in [4.78, 5) is 24.7. The third kappa shape index (κ3) is 7.34. The first kappa shape index (κ1) is 23.7. The van der Waals surface area contributed by atoms with Gasteiger partial charge in [-0.25, -0.2) is 0 Å². The quantitative estimate of drug-likeness (QED) is 0.337. The van der Waals surface area contributed by atoms with Gasteiger partial charge in [-0.15, -0.1) is 0 Å². The lowest BCUT2D eigenvalue weighted by Crippen LogP contribution is -2.23. The highest BCUT2D eigenvalue weighted by atomic mass is 16.5. The molecule has 1 saturated carbocycles. The lowest BCUT2D eigenvalue weighted by atomic mass is 9.89. The van der Waals surface area contributed by atoms with Crippen molar-refractivity contribution in [3.8, 4) is 5.75 Å². The molecule has 1 aromatic rings. The number of benzene rings is 1. The minimum absolute atomic E-state index is 0.0337. The minimum Gasteiger partial charge on any atom is -0.458 e. The van der Waals surface area contributed by atoms with E-state index in [9.17, 15) is 9.59 Å². The van der Waals surface area contributed by atoms with Crippen molar-refractivity contribution in [3.05, 3.63) is 54.1 Å². The Kier molecular flexibility index (Phi) is 10.9. The van der Waals surface area contributed by atoms with E-state index < -0.39 is 0 Å². The normalized spacial score (nSPS) is 15.6. The van der Waals surface area contributed by atoms with Gasteiger partial charge >= 0.3 is 11.9 Å². The SMILES string of the molecule is C=C/C(=C\C)C(C)OC(=O)Cc1ccccc1OC(=O)C1CCCCC1.CC. The van der Waals surface area contributed by atoms with Crippen molar-refractivity contribution in [3.63, 3.8) is 0 Å². The zero-order chi connectivity index (χ0) is 20.9. The van der Waals surface area contributed by atoms with Gasteiger partial charge in [0.2, 0.25) is 0 Å². The number of hydrogen-bond donors (Lipinski definition) is 0. The highest BCUT2D eigenvalue weighted by Crippen LogP contribution is 2.27. The fourth-order valence-corrected chi connectivity index (χ4v) is 3.26. The second-order valence-electron chi connectivity index (χ2n) is 6.67. The molecule has 0 bridgehead atoms. The molecular weight excluding hydrogens is 352 g/mol. The van der Waals surface area contributed by atoms with E-state index in [1.165, 1.54) is 6.42 Å². The van der Waals surface area contributed by atoms with Gasteiger partial charge in [0.1, 0.15) is 11.9 Å². The molecule has 0 heterocycles. The number of rotatable bonds is 7. The van der Waals surface area contributed by atoms with E-state index in [1.807, 2.05) is 39.8 Å². The van der Waals surface area contributed by atoms with Crippen molar-refractivity contribution in [2.24, 2.45) is 5.92 Å². The van der Waals surface area contributed by atoms with Crippen molar-refractivity contribution in [2.45, 2.75) is 72.3 Å². The van der Waals surface area contributed by atoms with Gasteiger partial charge < -0.3 is 9.47 Å². The molecule has 154 valence electrons. The molecule has 28 heavy (non-hydrogen) atoms. The Bertz CT molecular complexity index is 669. The molecule has 1 atom stereocenters. The molecule has 1 unspecified atom stereocenters. The van der Waals surface area contributed by atoms with Crippen molar-refractivity contribution in [2.75, 3.05) is 0 Å². The summed E-state index contributed by atoms with van der Waals surface area (Å²) in [5.41, 5.74) is 1.52. The molecule has 0 spiro atoms. The van der Waals surface area contributed by atoms with Gasteiger partial charge in [0, 0.05) is 5.56 Å². The Labute approximate surface area is 169 Å². The lowest BCUT2D eigenvalue weighted by Gasteiger charge is -2.20. The Balaban J connectivity index is 0.00000190. The zero-order valence-electron chi connectivity index (χ0n) is 17.7. The Morgan fingerprint density at radius 1 is 1.18 bits per heavy atom. The van der Waals surface area contributed by atoms with Crippen LogP contribution in [-0.2, 0) is 20.7 Å². The maximum atomic E-state index is 12.4. The van der Waals surface area contributed by atoms with Crippen LogP contribution in [0.15, 0.2) is 48.6 Å². The lowest BCUT2D eigenvalue weighted by molar-refractivity contribution is -0.146. The largest absolute Gasteiger partial charge is 0.458 e. The molecule has 2 rings (SSSR count). The molecule has 0 saturated heterocycles. The van der Waals surface area contributed by atoms with Gasteiger partial charge in [0.15, 0.2) is 0 Å². The van der Waals surface area contributed by atoms with E-state index in [0.717, 1.165) is 31.3 Å². The van der Waals surface area contributed by atoms with E-state index in [-0.39, 0.29) is 30.4 Å². The number of hydrogen-bond acceptors (Lipinski definition) is 4. The summed E-state index contributed by atoms with van der Waals surface area (Å²) in [5.74, 6) is -0.141. The highest BCUT2D eigenvalue weighted by molar-refractivity contribution is 5.77. The van der Waals surface area contributed by atoms with E-state index in [4.69, 9.17) is 9.47 Å². The van der Waals surface area contributed by atoms with Crippen LogP contribution < -0.4 is 4.74 Å². The first-order chi connectivity index (χ1) is 13.5. The zero-order valence-corrected chi connectivity index (χ0v) is 17.7. The first-order valence-corrected chi connectivity index (χ1v) is 10.3. The Morgan fingerprint density at radius 3 is 2.43 bits per heavy atom. The number of ether oxygens (including phenoxy) is 2. The van der Waals surface area contributed by atoms with Crippen LogP contribution in [0.2, 0.25) is 0 Å². The Morgan fingerprint density at radius 2 is 1.82 bits per heavy atom. The summed E-state index contributed by atoms with van der Waals surface area (Å²) in [6.45, 7) is 11.4. The molecule has 0 aliphatic heterocycles. The van der Waals surface area contributed by atoms with E-state index in [2.05, 4.69) is 6.58 Å². The van der Waals surface area contributed by atoms with E-state index >= 15 is 0 Å². The first-order valence-electron chi connectivity index (χ1n) is 10.3. The van der Waals surface area contributed by atoms with Crippen LogP contribution in [0, 0.1) is 5.92 Å². The molecule has 0 aromatic heterocycles. The number of para-hydroxylation sites is 1. The summed E-state index contributed by atoms with van der Waals surface area (Å²) in [7, 11) is 0. The second kappa shape index (κ2) is 12.9. The van der Waals surface area contributed by atoms with Crippen molar-refractivity contribution in [1.82, 2.24) is 0 Å². The third-order valence-electron chi connectivity index (χ3n) is 4.80. The topological polar surface area (TPSA) is 52.6 Å². The van der Waals surface area contributed by atoms with Crippen LogP contribution in [0.4, 0.5) is 0 Å². The molecule has 4 nitrogen and oxygen atoms in total. The van der Waals surface area contributed by atoms with Gasteiger partial charge in [0.25, 0.3) is 0 Å².